The monoisotopic (exact) mass is 181 g/mol. The summed E-state index contributed by atoms with van der Waals surface area (Å²) in [5.41, 5.74) is 1.23. The molecule has 0 unspecified atom stereocenters. The van der Waals surface area contributed by atoms with Crippen LogP contribution in [0.25, 0.3) is 0 Å². The lowest BCUT2D eigenvalue weighted by Crippen LogP contribution is -2.11. The lowest BCUT2D eigenvalue weighted by atomic mass is 10.0. The fourth-order valence-corrected chi connectivity index (χ4v) is 1.49. The maximum absolute atomic E-state index is 11.2. The van der Waals surface area contributed by atoms with Crippen molar-refractivity contribution in [3.8, 4) is 0 Å². The summed E-state index contributed by atoms with van der Waals surface area (Å²) in [4.78, 5) is 15.4. The van der Waals surface area contributed by atoms with Crippen LogP contribution in [0.1, 0.15) is 33.1 Å². The summed E-state index contributed by atoms with van der Waals surface area (Å²) in [6, 6.07) is 0. The number of rotatable bonds is 3. The van der Waals surface area contributed by atoms with Crippen molar-refractivity contribution in [1.29, 1.82) is 0 Å². The maximum Gasteiger partial charge on any atom is 0.164 e. The lowest BCUT2D eigenvalue weighted by molar-refractivity contribution is -0.113. The third kappa shape index (κ3) is 2.17. The van der Waals surface area contributed by atoms with E-state index in [1.165, 1.54) is 6.92 Å². The van der Waals surface area contributed by atoms with Gasteiger partial charge >= 0.3 is 0 Å². The number of hydrogen-bond donors (Lipinski definition) is 1. The van der Waals surface area contributed by atoms with Crippen molar-refractivity contribution in [2.45, 2.75) is 33.1 Å². The Morgan fingerprint density at radius 2 is 2.31 bits per heavy atom. The molecule has 72 valence electrons. The van der Waals surface area contributed by atoms with Crippen LogP contribution in [-0.2, 0) is 4.79 Å². The van der Waals surface area contributed by atoms with E-state index in [-0.39, 0.29) is 11.5 Å². The summed E-state index contributed by atoms with van der Waals surface area (Å²) in [7, 11) is 0. The van der Waals surface area contributed by atoms with Crippen molar-refractivity contribution in [3.63, 3.8) is 0 Å². The molecule has 0 radical (unpaired) electrons. The number of allylic oxidation sites excluding steroid dienone is 2. The second-order valence-electron chi connectivity index (χ2n) is 3.16. The molecule has 0 saturated heterocycles. The molecule has 0 saturated carbocycles. The van der Waals surface area contributed by atoms with Crippen molar-refractivity contribution in [2.75, 3.05) is 6.54 Å². The van der Waals surface area contributed by atoms with E-state index in [4.69, 9.17) is 0 Å². The Morgan fingerprint density at radius 3 is 2.69 bits per heavy atom. The highest BCUT2D eigenvalue weighted by Crippen LogP contribution is 2.16. The molecule has 1 rings (SSSR count). The molecule has 0 aliphatic carbocycles. The molecule has 0 spiro atoms. The van der Waals surface area contributed by atoms with Crippen LogP contribution < -0.4 is 0 Å². The molecule has 0 amide bonds. The Kier molecular flexibility index (Phi) is 3.23. The molecule has 13 heavy (non-hydrogen) atoms. The van der Waals surface area contributed by atoms with Crippen LogP contribution >= 0.6 is 0 Å². The first kappa shape index (κ1) is 9.96. The van der Waals surface area contributed by atoms with Gasteiger partial charge in [0.1, 0.15) is 5.76 Å². The molecule has 0 aromatic carbocycles. The second-order valence-corrected chi connectivity index (χ2v) is 3.16. The van der Waals surface area contributed by atoms with Gasteiger partial charge in [-0.2, -0.15) is 0 Å². The highest BCUT2D eigenvalue weighted by molar-refractivity contribution is 6.22. The average molecular weight is 181 g/mol. The Morgan fingerprint density at radius 1 is 1.62 bits per heavy atom. The number of aliphatic imine (C=N–C) groups is 1. The molecule has 1 heterocycles. The van der Waals surface area contributed by atoms with Gasteiger partial charge in [0.25, 0.3) is 0 Å². The predicted molar refractivity (Wildman–Crippen MR) is 52.2 cm³/mol. The van der Waals surface area contributed by atoms with E-state index in [0.29, 0.717) is 12.0 Å². The Hall–Kier alpha value is -1.12. The number of nitrogens with zero attached hydrogens (tertiary/aromatic N) is 1. The van der Waals surface area contributed by atoms with Gasteiger partial charge in [-0.1, -0.05) is 6.92 Å². The summed E-state index contributed by atoms with van der Waals surface area (Å²) < 4.78 is 0. The zero-order valence-electron chi connectivity index (χ0n) is 8.13. The van der Waals surface area contributed by atoms with E-state index in [1.54, 1.807) is 0 Å². The molecule has 0 bridgehead atoms. The van der Waals surface area contributed by atoms with Gasteiger partial charge in [0.2, 0.25) is 0 Å². The van der Waals surface area contributed by atoms with Gasteiger partial charge in [0.15, 0.2) is 5.78 Å². The molecule has 0 aromatic heterocycles. The van der Waals surface area contributed by atoms with Crippen LogP contribution in [0.15, 0.2) is 16.3 Å². The Bertz CT molecular complexity index is 277. The van der Waals surface area contributed by atoms with Crippen LogP contribution in [0.5, 0.6) is 0 Å². The summed E-state index contributed by atoms with van der Waals surface area (Å²) in [5, 5.41) is 9.53. The second kappa shape index (κ2) is 4.21. The first-order valence-electron chi connectivity index (χ1n) is 4.63. The number of aliphatic hydroxyl groups excluding tert-OH is 1. The van der Waals surface area contributed by atoms with E-state index >= 15 is 0 Å². The molecule has 1 aliphatic rings. The van der Waals surface area contributed by atoms with Gasteiger partial charge in [0.05, 0.1) is 5.57 Å². The molecule has 1 N–H and O–H groups in total. The fraction of sp³-hybridized carbons (Fsp3) is 0.600. The zero-order valence-corrected chi connectivity index (χ0v) is 8.13. The fourth-order valence-electron chi connectivity index (χ4n) is 1.49. The van der Waals surface area contributed by atoms with Gasteiger partial charge in [-0.05, 0) is 19.8 Å². The third-order valence-corrected chi connectivity index (χ3v) is 2.14. The first-order valence-corrected chi connectivity index (χ1v) is 4.63. The molecule has 0 atom stereocenters. The highest BCUT2D eigenvalue weighted by Gasteiger charge is 2.19. The van der Waals surface area contributed by atoms with Crippen molar-refractivity contribution in [1.82, 2.24) is 0 Å². The van der Waals surface area contributed by atoms with Gasteiger partial charge in [-0.15, -0.1) is 0 Å². The number of ketones is 1. The van der Waals surface area contributed by atoms with E-state index in [9.17, 15) is 9.90 Å². The standard InChI is InChI=1S/C10H15NO2/c1-3-9(13)10(7(2)12)8-5-4-6-11-8/h13H,3-6H2,1-2H3/b10-9-. The summed E-state index contributed by atoms with van der Waals surface area (Å²) in [5.74, 6) is 0.0909. The minimum Gasteiger partial charge on any atom is -0.512 e. The minimum atomic E-state index is -0.0833. The van der Waals surface area contributed by atoms with Crippen LogP contribution in [-0.4, -0.2) is 23.1 Å². The molecular weight excluding hydrogens is 166 g/mol. The highest BCUT2D eigenvalue weighted by atomic mass is 16.3. The summed E-state index contributed by atoms with van der Waals surface area (Å²) in [6.45, 7) is 4.08. The van der Waals surface area contributed by atoms with Gasteiger partial charge < -0.3 is 5.11 Å². The molecule has 0 aromatic rings. The number of carbonyl (C=O) groups is 1. The minimum absolute atomic E-state index is 0.0833. The van der Waals surface area contributed by atoms with E-state index < -0.39 is 0 Å². The van der Waals surface area contributed by atoms with E-state index in [1.807, 2.05) is 6.92 Å². The number of carbonyl (C=O) groups excluding carboxylic acids is 1. The van der Waals surface area contributed by atoms with Crippen molar-refractivity contribution in [2.24, 2.45) is 4.99 Å². The molecule has 3 heteroatoms. The van der Waals surface area contributed by atoms with Crippen LogP contribution in [0.4, 0.5) is 0 Å². The first-order chi connectivity index (χ1) is 6.16. The number of aliphatic hydroxyl groups is 1. The number of hydrogen-bond acceptors (Lipinski definition) is 3. The largest absolute Gasteiger partial charge is 0.512 e. The molecule has 0 fully saturated rings. The maximum atomic E-state index is 11.2. The van der Waals surface area contributed by atoms with Gasteiger partial charge in [-0.3, -0.25) is 9.79 Å². The smallest absolute Gasteiger partial charge is 0.164 e. The summed E-state index contributed by atoms with van der Waals surface area (Å²) in [6.07, 6.45) is 2.30. The Labute approximate surface area is 78.2 Å². The average Bonchev–Trinajstić information content (AvgIpc) is 2.56. The zero-order chi connectivity index (χ0) is 9.84. The van der Waals surface area contributed by atoms with Crippen LogP contribution in [0.2, 0.25) is 0 Å². The van der Waals surface area contributed by atoms with Crippen molar-refractivity contribution >= 4 is 11.5 Å². The normalized spacial score (nSPS) is 18.2. The SMILES string of the molecule is CC/C(O)=C(\C(C)=O)C1=NCCC1. The molecule has 3 nitrogen and oxygen atoms in total. The quantitative estimate of drug-likeness (QED) is 0.535. The van der Waals surface area contributed by atoms with Crippen LogP contribution in [0, 0.1) is 0 Å². The van der Waals surface area contributed by atoms with E-state index in [2.05, 4.69) is 4.99 Å². The third-order valence-electron chi connectivity index (χ3n) is 2.14. The lowest BCUT2D eigenvalue weighted by Gasteiger charge is -2.05. The van der Waals surface area contributed by atoms with Crippen molar-refractivity contribution in [3.05, 3.63) is 11.3 Å². The van der Waals surface area contributed by atoms with Crippen molar-refractivity contribution < 1.29 is 9.90 Å². The summed E-state index contributed by atoms with van der Waals surface area (Å²) >= 11 is 0. The van der Waals surface area contributed by atoms with Gasteiger partial charge in [0, 0.05) is 18.7 Å². The Balaban J connectivity index is 2.98. The van der Waals surface area contributed by atoms with E-state index in [0.717, 1.165) is 25.1 Å². The molecular formula is C10H15NO2. The number of Topliss-reactive ketones (excluding diaryl/α,β-unsaturated/α-hetero) is 1. The predicted octanol–water partition coefficient (Wildman–Crippen LogP) is 2.03. The van der Waals surface area contributed by atoms with Crippen LogP contribution in [0.3, 0.4) is 0 Å². The topological polar surface area (TPSA) is 49.7 Å². The molecule has 1 aliphatic heterocycles. The van der Waals surface area contributed by atoms with Gasteiger partial charge in [-0.25, -0.2) is 0 Å².